The third kappa shape index (κ3) is 3.29. The lowest BCUT2D eigenvalue weighted by molar-refractivity contribution is 0.0958. The van der Waals surface area contributed by atoms with Gasteiger partial charge in [0, 0.05) is 12.0 Å². The number of carbonyl (C=O) groups excluding carboxylic acids is 1. The maximum absolute atomic E-state index is 12.3. The lowest BCUT2D eigenvalue weighted by Crippen LogP contribution is -2.15. The van der Waals surface area contributed by atoms with Gasteiger partial charge >= 0.3 is 0 Å². The first-order chi connectivity index (χ1) is 8.70. The minimum absolute atomic E-state index is 0.284. The third-order valence-corrected chi connectivity index (χ3v) is 4.60. The van der Waals surface area contributed by atoms with Crippen molar-refractivity contribution in [2.45, 2.75) is 26.2 Å². The van der Waals surface area contributed by atoms with Gasteiger partial charge < -0.3 is 4.74 Å². The van der Waals surface area contributed by atoms with Crippen molar-refractivity contribution in [2.24, 2.45) is 5.92 Å². The average molecular weight is 264 g/mol. The normalized spacial score (nSPS) is 16.6. The summed E-state index contributed by atoms with van der Waals surface area (Å²) in [5.74, 6) is 4.10. The molecule has 0 bridgehead atoms. The van der Waals surface area contributed by atoms with E-state index in [1.807, 2.05) is 36.9 Å². The molecule has 0 unspecified atom stereocenters. The number of Topliss-reactive ketones (excluding diaryl/α,β-unsaturated/α-hetero) is 1. The van der Waals surface area contributed by atoms with Crippen molar-refractivity contribution in [3.8, 4) is 5.75 Å². The fourth-order valence-corrected chi connectivity index (χ4v) is 3.60. The molecule has 1 heterocycles. The zero-order chi connectivity index (χ0) is 13.0. The van der Waals surface area contributed by atoms with Crippen LogP contribution in [-0.2, 0) is 0 Å². The summed E-state index contributed by atoms with van der Waals surface area (Å²) in [6.45, 7) is 1.98. The van der Waals surface area contributed by atoms with Crippen LogP contribution in [0, 0.1) is 12.8 Å². The Balaban J connectivity index is 2.03. The highest BCUT2D eigenvalue weighted by molar-refractivity contribution is 7.99. The zero-order valence-electron chi connectivity index (χ0n) is 11.1. The molecule has 0 aliphatic carbocycles. The molecule has 3 heteroatoms. The van der Waals surface area contributed by atoms with Crippen LogP contribution in [0.2, 0.25) is 0 Å². The molecule has 1 fully saturated rings. The molecule has 1 aromatic carbocycles. The minimum atomic E-state index is 0.284. The van der Waals surface area contributed by atoms with E-state index < -0.39 is 0 Å². The van der Waals surface area contributed by atoms with E-state index in [2.05, 4.69) is 0 Å². The number of hydrogen-bond acceptors (Lipinski definition) is 3. The summed E-state index contributed by atoms with van der Waals surface area (Å²) in [7, 11) is 1.65. The molecular weight excluding hydrogens is 244 g/mol. The fourth-order valence-electron chi connectivity index (χ4n) is 2.40. The highest BCUT2D eigenvalue weighted by atomic mass is 32.2. The van der Waals surface area contributed by atoms with Gasteiger partial charge in [0.15, 0.2) is 5.78 Å². The summed E-state index contributed by atoms with van der Waals surface area (Å²) >= 11 is 2.00. The number of carbonyl (C=O) groups is 1. The molecule has 0 atom stereocenters. The maximum atomic E-state index is 12.3. The first-order valence-corrected chi connectivity index (χ1v) is 7.61. The predicted octanol–water partition coefficient (Wildman–Crippen LogP) is 3.72. The third-order valence-electron chi connectivity index (χ3n) is 3.55. The second-order valence-corrected chi connectivity index (χ2v) is 6.09. The molecule has 2 nitrogen and oxygen atoms in total. The Bertz CT molecular complexity index is 423. The second kappa shape index (κ2) is 6.28. The van der Waals surface area contributed by atoms with Crippen LogP contribution < -0.4 is 4.74 Å². The molecule has 1 aromatic rings. The molecule has 1 saturated heterocycles. The molecule has 0 radical (unpaired) electrons. The minimum Gasteiger partial charge on any atom is -0.497 e. The summed E-state index contributed by atoms with van der Waals surface area (Å²) in [6.07, 6.45) is 3.07. The van der Waals surface area contributed by atoms with Crippen molar-refractivity contribution >= 4 is 17.5 Å². The topological polar surface area (TPSA) is 26.3 Å². The lowest BCUT2D eigenvalue weighted by atomic mass is 9.92. The Hall–Kier alpha value is -0.960. The first kappa shape index (κ1) is 13.5. The van der Waals surface area contributed by atoms with Crippen LogP contribution in [0.5, 0.6) is 5.75 Å². The van der Waals surface area contributed by atoms with E-state index in [1.54, 1.807) is 7.11 Å². The van der Waals surface area contributed by atoms with Crippen LogP contribution in [-0.4, -0.2) is 24.4 Å². The standard InChI is InChI=1S/C15H20O2S/c1-11-9-13(17-2)3-4-14(11)15(16)10-12-5-7-18-8-6-12/h3-4,9,12H,5-8,10H2,1-2H3. The van der Waals surface area contributed by atoms with E-state index in [0.29, 0.717) is 12.3 Å². The molecular formula is C15H20O2S. The summed E-state index contributed by atoms with van der Waals surface area (Å²) in [4.78, 5) is 12.3. The quantitative estimate of drug-likeness (QED) is 0.775. The van der Waals surface area contributed by atoms with E-state index in [4.69, 9.17) is 4.74 Å². The SMILES string of the molecule is COc1ccc(C(=O)CC2CCSCC2)c(C)c1. The number of benzene rings is 1. The monoisotopic (exact) mass is 264 g/mol. The lowest BCUT2D eigenvalue weighted by Gasteiger charge is -2.20. The van der Waals surface area contributed by atoms with Gasteiger partial charge in [-0.1, -0.05) is 0 Å². The zero-order valence-corrected chi connectivity index (χ0v) is 11.9. The Labute approximate surface area is 113 Å². The van der Waals surface area contributed by atoms with Gasteiger partial charge in [0.1, 0.15) is 5.75 Å². The number of hydrogen-bond donors (Lipinski definition) is 0. The van der Waals surface area contributed by atoms with Gasteiger partial charge in [-0.25, -0.2) is 0 Å². The van der Waals surface area contributed by atoms with Crippen LogP contribution in [0.1, 0.15) is 35.2 Å². The Morgan fingerprint density at radius 2 is 2.11 bits per heavy atom. The summed E-state index contributed by atoms with van der Waals surface area (Å²) in [5, 5.41) is 0. The average Bonchev–Trinajstić information content (AvgIpc) is 2.39. The van der Waals surface area contributed by atoms with Crippen molar-refractivity contribution in [3.05, 3.63) is 29.3 Å². The summed E-state index contributed by atoms with van der Waals surface area (Å²) in [5.41, 5.74) is 1.87. The highest BCUT2D eigenvalue weighted by Crippen LogP contribution is 2.27. The molecule has 0 N–H and O–H groups in total. The van der Waals surface area contributed by atoms with Crippen LogP contribution in [0.3, 0.4) is 0 Å². The summed E-state index contributed by atoms with van der Waals surface area (Å²) in [6, 6.07) is 5.70. The van der Waals surface area contributed by atoms with Gasteiger partial charge in [0.25, 0.3) is 0 Å². The number of rotatable bonds is 4. The molecule has 1 aliphatic heterocycles. The fraction of sp³-hybridized carbons (Fsp3) is 0.533. The number of ketones is 1. The van der Waals surface area contributed by atoms with Crippen molar-refractivity contribution in [1.82, 2.24) is 0 Å². The predicted molar refractivity (Wildman–Crippen MR) is 76.7 cm³/mol. The Kier molecular flexibility index (Phi) is 4.70. The van der Waals surface area contributed by atoms with Crippen LogP contribution >= 0.6 is 11.8 Å². The van der Waals surface area contributed by atoms with Gasteiger partial charge in [0.2, 0.25) is 0 Å². The van der Waals surface area contributed by atoms with E-state index in [-0.39, 0.29) is 5.78 Å². The number of aryl methyl sites for hydroxylation is 1. The molecule has 18 heavy (non-hydrogen) atoms. The van der Waals surface area contributed by atoms with Gasteiger partial charge in [0.05, 0.1) is 7.11 Å². The molecule has 0 spiro atoms. The van der Waals surface area contributed by atoms with Gasteiger partial charge in [-0.2, -0.15) is 11.8 Å². The van der Waals surface area contributed by atoms with Crippen molar-refractivity contribution < 1.29 is 9.53 Å². The molecule has 98 valence electrons. The van der Waals surface area contributed by atoms with Gasteiger partial charge in [-0.05, 0) is 61.0 Å². The smallest absolute Gasteiger partial charge is 0.163 e. The molecule has 0 aromatic heterocycles. The maximum Gasteiger partial charge on any atom is 0.163 e. The molecule has 0 amide bonds. The number of methoxy groups -OCH3 is 1. The van der Waals surface area contributed by atoms with Crippen molar-refractivity contribution in [1.29, 1.82) is 0 Å². The van der Waals surface area contributed by atoms with Crippen LogP contribution in [0.25, 0.3) is 0 Å². The molecule has 1 aliphatic rings. The number of ether oxygens (including phenoxy) is 1. The van der Waals surface area contributed by atoms with Crippen molar-refractivity contribution in [3.63, 3.8) is 0 Å². The van der Waals surface area contributed by atoms with E-state index in [1.165, 1.54) is 24.3 Å². The van der Waals surface area contributed by atoms with E-state index in [0.717, 1.165) is 16.9 Å². The van der Waals surface area contributed by atoms with Gasteiger partial charge in [-0.3, -0.25) is 4.79 Å². The second-order valence-electron chi connectivity index (χ2n) is 4.86. The van der Waals surface area contributed by atoms with E-state index >= 15 is 0 Å². The van der Waals surface area contributed by atoms with Crippen LogP contribution in [0.15, 0.2) is 18.2 Å². The Morgan fingerprint density at radius 3 is 2.72 bits per heavy atom. The molecule has 2 rings (SSSR count). The highest BCUT2D eigenvalue weighted by Gasteiger charge is 2.19. The summed E-state index contributed by atoms with van der Waals surface area (Å²) < 4.78 is 5.17. The Morgan fingerprint density at radius 1 is 1.39 bits per heavy atom. The first-order valence-electron chi connectivity index (χ1n) is 6.46. The number of thioether (sulfide) groups is 1. The molecule has 0 saturated carbocycles. The van der Waals surface area contributed by atoms with Gasteiger partial charge in [-0.15, -0.1) is 0 Å². The van der Waals surface area contributed by atoms with Crippen molar-refractivity contribution in [2.75, 3.05) is 18.6 Å². The largest absolute Gasteiger partial charge is 0.497 e. The van der Waals surface area contributed by atoms with E-state index in [9.17, 15) is 4.79 Å². The van der Waals surface area contributed by atoms with Crippen LogP contribution in [0.4, 0.5) is 0 Å².